The van der Waals surface area contributed by atoms with Crippen LogP contribution in [0.2, 0.25) is 0 Å². The lowest BCUT2D eigenvalue weighted by Gasteiger charge is -2.49. The molecule has 0 spiro atoms. The summed E-state index contributed by atoms with van der Waals surface area (Å²) in [6, 6.07) is 0. The van der Waals surface area contributed by atoms with E-state index in [1.165, 1.54) is 0 Å². The van der Waals surface area contributed by atoms with Gasteiger partial charge in [0.05, 0.1) is 18.1 Å². The zero-order chi connectivity index (χ0) is 12.3. The van der Waals surface area contributed by atoms with Crippen LogP contribution >= 0.6 is 0 Å². The average molecular weight is 240 g/mol. The number of unbranched alkanes of at least 4 members (excludes halogenated alkanes) is 2. The van der Waals surface area contributed by atoms with Crippen LogP contribution in [0.3, 0.4) is 0 Å². The normalized spacial score (nSPS) is 33.6. The molecule has 1 saturated carbocycles. The third-order valence-electron chi connectivity index (χ3n) is 4.59. The quantitative estimate of drug-likeness (QED) is 0.725. The number of hydrogen-bond donors (Lipinski definition) is 1. The number of ether oxygens (including phenoxy) is 1. The summed E-state index contributed by atoms with van der Waals surface area (Å²) in [6.45, 7) is 2.94. The van der Waals surface area contributed by atoms with E-state index in [9.17, 15) is 9.90 Å². The van der Waals surface area contributed by atoms with Gasteiger partial charge in [-0.05, 0) is 38.0 Å². The maximum atomic E-state index is 11.5. The molecule has 0 amide bonds. The molecular formula is C14H24O3. The Morgan fingerprint density at radius 3 is 2.59 bits per heavy atom. The fourth-order valence-electron chi connectivity index (χ4n) is 3.42. The van der Waals surface area contributed by atoms with Crippen LogP contribution in [0, 0.1) is 11.8 Å². The molecule has 3 rings (SSSR count). The van der Waals surface area contributed by atoms with Crippen molar-refractivity contribution in [3.63, 3.8) is 0 Å². The molecule has 0 radical (unpaired) electrons. The Morgan fingerprint density at radius 2 is 2.12 bits per heavy atom. The highest BCUT2D eigenvalue weighted by Gasteiger charge is 2.49. The van der Waals surface area contributed by atoms with E-state index in [0.717, 1.165) is 58.0 Å². The Labute approximate surface area is 104 Å². The standard InChI is InChI=1S/C14H24O3/c1-2-3-4-5-12(13(15)16)14-8-6-11(7-9-14)10-17-14/h11-12H,2-10H2,1H3,(H,15,16). The third-order valence-corrected chi connectivity index (χ3v) is 4.59. The van der Waals surface area contributed by atoms with Gasteiger partial charge in [0.2, 0.25) is 0 Å². The van der Waals surface area contributed by atoms with E-state index in [1.54, 1.807) is 0 Å². The van der Waals surface area contributed by atoms with Crippen molar-refractivity contribution in [1.29, 1.82) is 0 Å². The number of carboxylic acids is 1. The molecule has 1 N–H and O–H groups in total. The minimum atomic E-state index is -0.651. The molecule has 2 aliphatic heterocycles. The molecule has 3 heteroatoms. The van der Waals surface area contributed by atoms with E-state index in [2.05, 4.69) is 6.92 Å². The SMILES string of the molecule is CCCCCC(C(=O)O)C12CCC(CC1)CO2. The highest BCUT2D eigenvalue weighted by atomic mass is 16.5. The largest absolute Gasteiger partial charge is 0.481 e. The molecule has 2 bridgehead atoms. The van der Waals surface area contributed by atoms with Gasteiger partial charge in [-0.2, -0.15) is 0 Å². The molecule has 3 aliphatic rings. The first-order valence-corrected chi connectivity index (χ1v) is 7.05. The Hall–Kier alpha value is -0.570. The Bertz CT molecular complexity index is 253. The van der Waals surface area contributed by atoms with E-state index in [-0.39, 0.29) is 11.5 Å². The predicted octanol–water partition coefficient (Wildman–Crippen LogP) is 3.23. The second-order valence-electron chi connectivity index (χ2n) is 5.71. The molecule has 0 aromatic carbocycles. The Kier molecular flexibility index (Phi) is 4.08. The predicted molar refractivity (Wildman–Crippen MR) is 65.9 cm³/mol. The molecule has 98 valence electrons. The van der Waals surface area contributed by atoms with Crippen LogP contribution in [-0.4, -0.2) is 23.3 Å². The van der Waals surface area contributed by atoms with Crippen molar-refractivity contribution >= 4 is 5.97 Å². The summed E-state index contributed by atoms with van der Waals surface area (Å²) >= 11 is 0. The lowest BCUT2D eigenvalue weighted by molar-refractivity contribution is -0.191. The van der Waals surface area contributed by atoms with Crippen molar-refractivity contribution < 1.29 is 14.6 Å². The Morgan fingerprint density at radius 1 is 1.41 bits per heavy atom. The second-order valence-corrected chi connectivity index (χ2v) is 5.71. The molecule has 3 fully saturated rings. The van der Waals surface area contributed by atoms with Gasteiger partial charge in [0.1, 0.15) is 0 Å². The topological polar surface area (TPSA) is 46.5 Å². The van der Waals surface area contributed by atoms with Gasteiger partial charge in [-0.1, -0.05) is 26.2 Å². The summed E-state index contributed by atoms with van der Waals surface area (Å²) in [6.07, 6.45) is 8.32. The van der Waals surface area contributed by atoms with Crippen molar-refractivity contribution in [3.05, 3.63) is 0 Å². The third kappa shape index (κ3) is 2.65. The van der Waals surface area contributed by atoms with Crippen molar-refractivity contribution in [1.82, 2.24) is 0 Å². The molecule has 1 unspecified atom stereocenters. The number of hydrogen-bond acceptors (Lipinski definition) is 2. The lowest BCUT2D eigenvalue weighted by Crippen LogP contribution is -2.52. The van der Waals surface area contributed by atoms with Crippen LogP contribution in [0.25, 0.3) is 0 Å². The van der Waals surface area contributed by atoms with Gasteiger partial charge in [-0.15, -0.1) is 0 Å². The second kappa shape index (κ2) is 5.38. The van der Waals surface area contributed by atoms with Crippen LogP contribution in [-0.2, 0) is 9.53 Å². The molecule has 17 heavy (non-hydrogen) atoms. The van der Waals surface area contributed by atoms with Crippen molar-refractivity contribution in [2.45, 2.75) is 63.9 Å². The zero-order valence-corrected chi connectivity index (χ0v) is 10.8. The van der Waals surface area contributed by atoms with Gasteiger partial charge < -0.3 is 9.84 Å². The number of aliphatic carboxylic acids is 1. The van der Waals surface area contributed by atoms with Crippen LogP contribution in [0.4, 0.5) is 0 Å². The fourth-order valence-corrected chi connectivity index (χ4v) is 3.42. The summed E-state index contributed by atoms with van der Waals surface area (Å²) in [5, 5.41) is 9.46. The maximum absolute atomic E-state index is 11.5. The van der Waals surface area contributed by atoms with Crippen molar-refractivity contribution in [2.75, 3.05) is 6.61 Å². The average Bonchev–Trinajstić information content (AvgIpc) is 2.36. The minimum Gasteiger partial charge on any atom is -0.481 e. The molecule has 1 atom stereocenters. The highest BCUT2D eigenvalue weighted by molar-refractivity contribution is 5.71. The molecule has 2 saturated heterocycles. The maximum Gasteiger partial charge on any atom is 0.309 e. The van der Waals surface area contributed by atoms with Gasteiger partial charge in [0.15, 0.2) is 0 Å². The summed E-state index contributed by atoms with van der Waals surface area (Å²) < 4.78 is 5.94. The van der Waals surface area contributed by atoms with Crippen LogP contribution < -0.4 is 0 Å². The number of rotatable bonds is 6. The first-order valence-electron chi connectivity index (χ1n) is 7.05. The molecular weight excluding hydrogens is 216 g/mol. The number of carboxylic acid groups (broad SMARTS) is 1. The zero-order valence-electron chi connectivity index (χ0n) is 10.8. The van der Waals surface area contributed by atoms with Gasteiger partial charge in [0.25, 0.3) is 0 Å². The van der Waals surface area contributed by atoms with Gasteiger partial charge in [-0.3, -0.25) is 4.79 Å². The van der Waals surface area contributed by atoms with Crippen LogP contribution in [0.15, 0.2) is 0 Å². The molecule has 0 aromatic rings. The van der Waals surface area contributed by atoms with E-state index in [4.69, 9.17) is 4.74 Å². The first kappa shape index (κ1) is 12.9. The summed E-state index contributed by atoms with van der Waals surface area (Å²) in [4.78, 5) is 11.5. The molecule has 3 nitrogen and oxygen atoms in total. The molecule has 1 aliphatic carbocycles. The molecule has 2 heterocycles. The number of carbonyl (C=O) groups is 1. The van der Waals surface area contributed by atoms with Crippen molar-refractivity contribution in [3.8, 4) is 0 Å². The van der Waals surface area contributed by atoms with Gasteiger partial charge >= 0.3 is 5.97 Å². The Balaban J connectivity index is 2.01. The monoisotopic (exact) mass is 240 g/mol. The fraction of sp³-hybridized carbons (Fsp3) is 0.929. The summed E-state index contributed by atoms with van der Waals surface area (Å²) in [5.74, 6) is -0.237. The van der Waals surface area contributed by atoms with E-state index < -0.39 is 5.97 Å². The highest BCUT2D eigenvalue weighted by Crippen LogP contribution is 2.46. The van der Waals surface area contributed by atoms with E-state index >= 15 is 0 Å². The van der Waals surface area contributed by atoms with Crippen molar-refractivity contribution in [2.24, 2.45) is 11.8 Å². The van der Waals surface area contributed by atoms with Crippen LogP contribution in [0.5, 0.6) is 0 Å². The smallest absolute Gasteiger partial charge is 0.309 e. The van der Waals surface area contributed by atoms with Gasteiger partial charge in [0, 0.05) is 0 Å². The minimum absolute atomic E-state index is 0.282. The first-order chi connectivity index (χ1) is 8.18. The van der Waals surface area contributed by atoms with Crippen LogP contribution in [0.1, 0.15) is 58.3 Å². The summed E-state index contributed by atoms with van der Waals surface area (Å²) in [5.41, 5.74) is -0.325. The van der Waals surface area contributed by atoms with E-state index in [1.807, 2.05) is 0 Å². The van der Waals surface area contributed by atoms with E-state index in [0.29, 0.717) is 5.92 Å². The van der Waals surface area contributed by atoms with Gasteiger partial charge in [-0.25, -0.2) is 0 Å². The lowest BCUT2D eigenvalue weighted by atomic mass is 9.68. The summed E-state index contributed by atoms with van der Waals surface area (Å²) in [7, 11) is 0. The molecule has 0 aromatic heterocycles. The number of fused-ring (bicyclic) bond motifs is 3.